The minimum Gasteiger partial charge on any atom is -0.445 e. The fraction of sp³-hybridized carbons (Fsp3) is 0.632. The van der Waals surface area contributed by atoms with E-state index in [1.54, 1.807) is 7.11 Å². The van der Waals surface area contributed by atoms with Crippen LogP contribution in [0.4, 0.5) is 4.79 Å². The minimum absolute atomic E-state index is 0.200. The monoisotopic (exact) mass is 352 g/mol. The topological polar surface area (TPSA) is 82.8 Å². The van der Waals surface area contributed by atoms with Crippen molar-refractivity contribution in [2.45, 2.75) is 64.6 Å². The third kappa shape index (κ3) is 10.1. The number of carbonyl (C=O) groups is 1. The van der Waals surface area contributed by atoms with Crippen LogP contribution in [0.2, 0.25) is 0 Å². The van der Waals surface area contributed by atoms with Crippen LogP contribution in [0.5, 0.6) is 0 Å². The Morgan fingerprint density at radius 2 is 1.88 bits per heavy atom. The molecule has 0 aliphatic heterocycles. The number of nitrogens with one attached hydrogen (secondary N) is 1. The molecule has 2 atom stereocenters. The first-order chi connectivity index (χ1) is 11.8. The summed E-state index contributed by atoms with van der Waals surface area (Å²) in [5.41, 5.74) is 6.79. The molecule has 0 radical (unpaired) electrons. The molecule has 0 fully saturated rings. The molecule has 0 aliphatic carbocycles. The van der Waals surface area contributed by atoms with Gasteiger partial charge in [-0.25, -0.2) is 4.79 Å². The minimum atomic E-state index is -0.427. The van der Waals surface area contributed by atoms with Crippen molar-refractivity contribution in [3.63, 3.8) is 0 Å². The fourth-order valence-electron chi connectivity index (χ4n) is 2.26. The van der Waals surface area contributed by atoms with Crippen molar-refractivity contribution in [2.24, 2.45) is 5.73 Å². The Kier molecular flexibility index (Phi) is 9.49. The van der Waals surface area contributed by atoms with E-state index in [0.717, 1.165) is 24.8 Å². The third-order valence-electron chi connectivity index (χ3n) is 3.50. The number of nitrogens with two attached hydrogens (primary N) is 1. The highest BCUT2D eigenvalue weighted by Gasteiger charge is 2.23. The van der Waals surface area contributed by atoms with Crippen molar-refractivity contribution in [2.75, 3.05) is 13.7 Å². The Balaban J connectivity index is 2.13. The molecule has 1 amide bonds. The largest absolute Gasteiger partial charge is 0.445 e. The first-order valence-electron chi connectivity index (χ1n) is 8.72. The van der Waals surface area contributed by atoms with Gasteiger partial charge in [-0.2, -0.15) is 0 Å². The molecule has 3 N–H and O–H groups in total. The molecule has 0 heterocycles. The molecule has 1 aromatic rings. The summed E-state index contributed by atoms with van der Waals surface area (Å²) in [4.78, 5) is 11.6. The van der Waals surface area contributed by atoms with Gasteiger partial charge in [-0.1, -0.05) is 30.3 Å². The summed E-state index contributed by atoms with van der Waals surface area (Å²) >= 11 is 0. The maximum absolute atomic E-state index is 11.6. The average molecular weight is 352 g/mol. The summed E-state index contributed by atoms with van der Waals surface area (Å²) in [7, 11) is 1.60. The summed E-state index contributed by atoms with van der Waals surface area (Å²) in [5.74, 6) is 0. The number of benzene rings is 1. The second kappa shape index (κ2) is 11.1. The molecule has 6 nitrogen and oxygen atoms in total. The van der Waals surface area contributed by atoms with E-state index in [9.17, 15) is 4.79 Å². The number of rotatable bonds is 10. The number of methoxy groups -OCH3 is 1. The van der Waals surface area contributed by atoms with Crippen LogP contribution >= 0.6 is 0 Å². The van der Waals surface area contributed by atoms with Crippen LogP contribution in [-0.2, 0) is 20.8 Å². The first kappa shape index (κ1) is 21.4. The Hall–Kier alpha value is -1.63. The highest BCUT2D eigenvalue weighted by atomic mass is 16.7. The van der Waals surface area contributed by atoms with Gasteiger partial charge in [-0.15, -0.1) is 0 Å². The van der Waals surface area contributed by atoms with Crippen molar-refractivity contribution in [1.82, 2.24) is 5.32 Å². The standard InChI is InChI=1S/C19H32N2O4/c1-19(2,3)25-17(23-4)16(20)12-8-9-13-21-18(22)24-14-15-10-6-5-7-11-15/h5-7,10-11,16-17H,8-9,12-14,20H2,1-4H3,(H,21,22). The van der Waals surface area contributed by atoms with Crippen molar-refractivity contribution in [3.8, 4) is 0 Å². The van der Waals surface area contributed by atoms with E-state index in [4.69, 9.17) is 19.9 Å². The van der Waals surface area contributed by atoms with E-state index in [1.807, 2.05) is 51.1 Å². The number of ether oxygens (including phenoxy) is 3. The van der Waals surface area contributed by atoms with E-state index < -0.39 is 12.4 Å². The van der Waals surface area contributed by atoms with Gasteiger partial charge in [-0.3, -0.25) is 0 Å². The average Bonchev–Trinajstić information content (AvgIpc) is 2.57. The number of hydrogen-bond acceptors (Lipinski definition) is 5. The Labute approximate surface area is 151 Å². The van der Waals surface area contributed by atoms with Gasteiger partial charge in [0.05, 0.1) is 11.6 Å². The predicted molar refractivity (Wildman–Crippen MR) is 98.1 cm³/mol. The maximum atomic E-state index is 11.6. The number of carbonyl (C=O) groups excluding carboxylic acids is 1. The lowest BCUT2D eigenvalue weighted by atomic mass is 10.1. The second-order valence-electron chi connectivity index (χ2n) is 6.98. The molecule has 25 heavy (non-hydrogen) atoms. The maximum Gasteiger partial charge on any atom is 0.407 e. The smallest absolute Gasteiger partial charge is 0.407 e. The summed E-state index contributed by atoms with van der Waals surface area (Å²) in [6.07, 6.45) is 1.62. The lowest BCUT2D eigenvalue weighted by Crippen LogP contribution is -2.42. The lowest BCUT2D eigenvalue weighted by molar-refractivity contribution is -0.192. The molecule has 0 aromatic heterocycles. The zero-order chi connectivity index (χ0) is 18.7. The van der Waals surface area contributed by atoms with Crippen LogP contribution in [0.15, 0.2) is 30.3 Å². The fourth-order valence-corrected chi connectivity index (χ4v) is 2.26. The van der Waals surface area contributed by atoms with Crippen LogP contribution in [0.25, 0.3) is 0 Å². The normalized spacial score (nSPS) is 14.0. The summed E-state index contributed by atoms with van der Waals surface area (Å²) in [6.45, 7) is 6.74. The highest BCUT2D eigenvalue weighted by Crippen LogP contribution is 2.15. The van der Waals surface area contributed by atoms with Crippen LogP contribution in [-0.4, -0.2) is 37.7 Å². The van der Waals surface area contributed by atoms with Gasteiger partial charge in [0.2, 0.25) is 0 Å². The molecular formula is C19H32N2O4. The predicted octanol–water partition coefficient (Wildman–Crippen LogP) is 3.20. The van der Waals surface area contributed by atoms with Gasteiger partial charge < -0.3 is 25.3 Å². The second-order valence-corrected chi connectivity index (χ2v) is 6.98. The molecular weight excluding hydrogens is 320 g/mol. The van der Waals surface area contributed by atoms with Gasteiger partial charge in [-0.05, 0) is 45.6 Å². The van der Waals surface area contributed by atoms with E-state index in [0.29, 0.717) is 6.54 Å². The molecule has 0 bridgehead atoms. The van der Waals surface area contributed by atoms with Crippen molar-refractivity contribution >= 4 is 6.09 Å². The van der Waals surface area contributed by atoms with Gasteiger partial charge in [0, 0.05) is 13.7 Å². The Morgan fingerprint density at radius 3 is 2.48 bits per heavy atom. The molecule has 0 saturated heterocycles. The molecule has 142 valence electrons. The molecule has 2 unspecified atom stereocenters. The molecule has 0 saturated carbocycles. The third-order valence-corrected chi connectivity index (χ3v) is 3.50. The van der Waals surface area contributed by atoms with Gasteiger partial charge >= 0.3 is 6.09 Å². The van der Waals surface area contributed by atoms with E-state index in [2.05, 4.69) is 5.32 Å². The van der Waals surface area contributed by atoms with Crippen molar-refractivity contribution < 1.29 is 19.0 Å². The summed E-state index contributed by atoms with van der Waals surface area (Å²) in [5, 5.41) is 2.74. The van der Waals surface area contributed by atoms with Crippen LogP contribution in [0.1, 0.15) is 45.6 Å². The summed E-state index contributed by atoms with van der Waals surface area (Å²) < 4.78 is 16.3. The van der Waals surface area contributed by atoms with Crippen molar-refractivity contribution in [3.05, 3.63) is 35.9 Å². The Morgan fingerprint density at radius 1 is 1.20 bits per heavy atom. The zero-order valence-electron chi connectivity index (χ0n) is 15.8. The highest BCUT2D eigenvalue weighted by molar-refractivity contribution is 5.67. The number of amides is 1. The molecule has 0 aliphatic rings. The van der Waals surface area contributed by atoms with Crippen LogP contribution in [0, 0.1) is 0 Å². The van der Waals surface area contributed by atoms with Crippen molar-refractivity contribution in [1.29, 1.82) is 0 Å². The molecule has 1 aromatic carbocycles. The lowest BCUT2D eigenvalue weighted by Gasteiger charge is -2.30. The molecule has 0 spiro atoms. The van der Waals surface area contributed by atoms with Gasteiger partial charge in [0.15, 0.2) is 6.29 Å². The van der Waals surface area contributed by atoms with Crippen LogP contribution in [0.3, 0.4) is 0 Å². The number of alkyl carbamates (subject to hydrolysis) is 1. The number of unbranched alkanes of at least 4 members (excludes halogenated alkanes) is 1. The van der Waals surface area contributed by atoms with E-state index >= 15 is 0 Å². The van der Waals surface area contributed by atoms with E-state index in [1.165, 1.54) is 0 Å². The zero-order valence-corrected chi connectivity index (χ0v) is 15.8. The summed E-state index contributed by atoms with van der Waals surface area (Å²) in [6, 6.07) is 9.39. The van der Waals surface area contributed by atoms with Gasteiger partial charge in [0.25, 0.3) is 0 Å². The SMILES string of the molecule is COC(OC(C)(C)C)C(N)CCCCNC(=O)OCc1ccccc1. The van der Waals surface area contributed by atoms with Gasteiger partial charge in [0.1, 0.15) is 6.61 Å². The molecule has 6 heteroatoms. The van der Waals surface area contributed by atoms with E-state index in [-0.39, 0.29) is 18.2 Å². The Bertz CT molecular complexity index is 488. The first-order valence-corrected chi connectivity index (χ1v) is 8.72. The quantitative estimate of drug-likeness (QED) is 0.499. The molecule has 1 rings (SSSR count). The number of hydrogen-bond donors (Lipinski definition) is 2. The van der Waals surface area contributed by atoms with Crippen LogP contribution < -0.4 is 11.1 Å².